The lowest BCUT2D eigenvalue weighted by molar-refractivity contribution is 0.575. The van der Waals surface area contributed by atoms with E-state index in [1.54, 1.807) is 13.1 Å². The van der Waals surface area contributed by atoms with Crippen LogP contribution in [0.2, 0.25) is 10.0 Å². The summed E-state index contributed by atoms with van der Waals surface area (Å²) in [7, 11) is -1.84. The highest BCUT2D eigenvalue weighted by molar-refractivity contribution is 7.89. The average molecular weight is 337 g/mol. The van der Waals surface area contributed by atoms with E-state index in [9.17, 15) is 8.42 Å². The Morgan fingerprint density at radius 2 is 2.05 bits per heavy atom. The van der Waals surface area contributed by atoms with Crippen molar-refractivity contribution in [2.45, 2.75) is 37.2 Å². The Kier molecular flexibility index (Phi) is 4.97. The second-order valence-electron chi connectivity index (χ2n) is 5.00. The van der Waals surface area contributed by atoms with Gasteiger partial charge in [-0.25, -0.2) is 13.1 Å². The van der Waals surface area contributed by atoms with Crippen molar-refractivity contribution in [3.63, 3.8) is 0 Å². The van der Waals surface area contributed by atoms with E-state index in [0.717, 1.165) is 12.8 Å². The zero-order valence-corrected chi connectivity index (χ0v) is 13.7. The SMILES string of the molecule is CCC1CC1NS(=O)(=O)c1ccc(Cl)c(CNC)c1Cl. The molecule has 1 fully saturated rings. The normalized spacial score (nSPS) is 22.0. The van der Waals surface area contributed by atoms with Crippen LogP contribution in [0.5, 0.6) is 0 Å². The summed E-state index contributed by atoms with van der Waals surface area (Å²) in [6.07, 6.45) is 1.87. The van der Waals surface area contributed by atoms with Crippen LogP contribution in [-0.2, 0) is 16.6 Å². The van der Waals surface area contributed by atoms with Crippen LogP contribution >= 0.6 is 23.2 Å². The molecule has 2 N–H and O–H groups in total. The molecule has 1 aliphatic carbocycles. The number of halogens is 2. The molecule has 20 heavy (non-hydrogen) atoms. The lowest BCUT2D eigenvalue weighted by Gasteiger charge is -2.12. The number of benzene rings is 1. The van der Waals surface area contributed by atoms with E-state index >= 15 is 0 Å². The monoisotopic (exact) mass is 336 g/mol. The second kappa shape index (κ2) is 6.20. The fraction of sp³-hybridized carbons (Fsp3) is 0.538. The van der Waals surface area contributed by atoms with E-state index in [0.29, 0.717) is 23.0 Å². The van der Waals surface area contributed by atoms with E-state index in [4.69, 9.17) is 23.2 Å². The molecule has 1 aliphatic rings. The number of hydrogen-bond acceptors (Lipinski definition) is 3. The molecule has 0 radical (unpaired) electrons. The van der Waals surface area contributed by atoms with Gasteiger partial charge in [-0.2, -0.15) is 0 Å². The third-order valence-electron chi connectivity index (χ3n) is 3.55. The van der Waals surface area contributed by atoms with Gasteiger partial charge in [0.2, 0.25) is 10.0 Å². The van der Waals surface area contributed by atoms with Gasteiger partial charge in [0.1, 0.15) is 4.90 Å². The molecule has 0 spiro atoms. The van der Waals surface area contributed by atoms with E-state index in [2.05, 4.69) is 17.0 Å². The first kappa shape index (κ1) is 16.0. The highest BCUT2D eigenvalue weighted by Crippen LogP contribution is 2.36. The summed E-state index contributed by atoms with van der Waals surface area (Å²) < 4.78 is 27.4. The van der Waals surface area contributed by atoms with Gasteiger partial charge >= 0.3 is 0 Å². The van der Waals surface area contributed by atoms with Crippen LogP contribution in [0.1, 0.15) is 25.3 Å². The van der Waals surface area contributed by atoms with Gasteiger partial charge in [-0.1, -0.05) is 36.5 Å². The lowest BCUT2D eigenvalue weighted by atomic mass is 10.2. The van der Waals surface area contributed by atoms with Crippen LogP contribution in [0, 0.1) is 5.92 Å². The molecule has 2 atom stereocenters. The predicted molar refractivity (Wildman–Crippen MR) is 81.7 cm³/mol. The van der Waals surface area contributed by atoms with Crippen LogP contribution in [0.25, 0.3) is 0 Å². The molecule has 4 nitrogen and oxygen atoms in total. The molecule has 0 bridgehead atoms. The molecule has 112 valence electrons. The van der Waals surface area contributed by atoms with Crippen molar-refractivity contribution in [1.82, 2.24) is 10.0 Å². The van der Waals surface area contributed by atoms with Crippen LogP contribution in [-0.4, -0.2) is 21.5 Å². The minimum Gasteiger partial charge on any atom is -0.316 e. The van der Waals surface area contributed by atoms with Crippen molar-refractivity contribution in [3.05, 3.63) is 27.7 Å². The summed E-state index contributed by atoms with van der Waals surface area (Å²) in [6.45, 7) is 2.47. The molecular formula is C13H18Cl2N2O2S. The van der Waals surface area contributed by atoms with Crippen LogP contribution in [0.4, 0.5) is 0 Å². The first-order valence-electron chi connectivity index (χ1n) is 6.54. The van der Waals surface area contributed by atoms with E-state index in [1.165, 1.54) is 6.07 Å². The van der Waals surface area contributed by atoms with Gasteiger partial charge < -0.3 is 5.32 Å². The Hall–Kier alpha value is -0.330. The summed E-state index contributed by atoms with van der Waals surface area (Å²) in [6, 6.07) is 3.05. The standard InChI is InChI=1S/C13H18Cl2N2O2S/c1-3-8-6-11(8)17-20(18,19)12-5-4-10(14)9(7-16-2)13(12)15/h4-5,8,11,16-17H,3,6-7H2,1-2H3. The highest BCUT2D eigenvalue weighted by atomic mass is 35.5. The molecule has 0 amide bonds. The van der Waals surface area contributed by atoms with Crippen molar-refractivity contribution >= 4 is 33.2 Å². The highest BCUT2D eigenvalue weighted by Gasteiger charge is 2.39. The minimum absolute atomic E-state index is 0.0319. The summed E-state index contributed by atoms with van der Waals surface area (Å²) in [5.74, 6) is 0.438. The quantitative estimate of drug-likeness (QED) is 0.839. The number of hydrogen-bond donors (Lipinski definition) is 2. The van der Waals surface area contributed by atoms with Gasteiger partial charge in [0.05, 0.1) is 5.02 Å². The Morgan fingerprint density at radius 3 is 2.60 bits per heavy atom. The molecule has 7 heteroatoms. The third kappa shape index (κ3) is 3.28. The minimum atomic E-state index is -3.60. The smallest absolute Gasteiger partial charge is 0.242 e. The van der Waals surface area contributed by atoms with Gasteiger partial charge in [-0.05, 0) is 31.5 Å². The second-order valence-corrected chi connectivity index (χ2v) is 7.47. The molecule has 0 aromatic heterocycles. The average Bonchev–Trinajstić information content (AvgIpc) is 3.11. The maximum Gasteiger partial charge on any atom is 0.242 e. The van der Waals surface area contributed by atoms with Crippen LogP contribution in [0.3, 0.4) is 0 Å². The zero-order chi connectivity index (χ0) is 14.9. The summed E-state index contributed by atoms with van der Waals surface area (Å²) >= 11 is 12.3. The molecule has 1 aromatic rings. The van der Waals surface area contributed by atoms with Gasteiger partial charge in [-0.3, -0.25) is 0 Å². The fourth-order valence-electron chi connectivity index (χ4n) is 2.23. The Labute approximate surface area is 129 Å². The molecule has 0 saturated heterocycles. The van der Waals surface area contributed by atoms with E-state index in [1.807, 2.05) is 0 Å². The first-order valence-corrected chi connectivity index (χ1v) is 8.78. The molecular weight excluding hydrogens is 319 g/mol. The van der Waals surface area contributed by atoms with Gasteiger partial charge in [0.25, 0.3) is 0 Å². The van der Waals surface area contributed by atoms with Crippen molar-refractivity contribution < 1.29 is 8.42 Å². The Bertz CT molecular complexity index is 605. The maximum atomic E-state index is 12.4. The lowest BCUT2D eigenvalue weighted by Crippen LogP contribution is -2.27. The first-order chi connectivity index (χ1) is 9.40. The van der Waals surface area contributed by atoms with Crippen molar-refractivity contribution in [1.29, 1.82) is 0 Å². The topological polar surface area (TPSA) is 58.2 Å². The largest absolute Gasteiger partial charge is 0.316 e. The molecule has 1 aromatic carbocycles. The Morgan fingerprint density at radius 1 is 1.35 bits per heavy atom. The molecule has 0 aliphatic heterocycles. The summed E-state index contributed by atoms with van der Waals surface area (Å²) in [4.78, 5) is 0.0931. The van der Waals surface area contributed by atoms with Gasteiger partial charge in [-0.15, -0.1) is 0 Å². The number of rotatable bonds is 6. The van der Waals surface area contributed by atoms with Crippen LogP contribution in [0.15, 0.2) is 17.0 Å². The number of sulfonamides is 1. The third-order valence-corrected chi connectivity index (χ3v) is 5.98. The Balaban J connectivity index is 2.30. The van der Waals surface area contributed by atoms with Crippen molar-refractivity contribution in [2.24, 2.45) is 5.92 Å². The fourth-order valence-corrected chi connectivity index (χ4v) is 4.46. The molecule has 0 heterocycles. The molecule has 2 unspecified atom stereocenters. The van der Waals surface area contributed by atoms with Crippen LogP contribution < -0.4 is 10.0 Å². The van der Waals surface area contributed by atoms with E-state index in [-0.39, 0.29) is 16.0 Å². The molecule has 1 saturated carbocycles. The summed E-state index contributed by atoms with van der Waals surface area (Å²) in [5, 5.41) is 3.58. The number of nitrogens with one attached hydrogen (secondary N) is 2. The van der Waals surface area contributed by atoms with Crippen molar-refractivity contribution in [3.8, 4) is 0 Å². The predicted octanol–water partition coefficient (Wildman–Crippen LogP) is 2.79. The molecule has 2 rings (SSSR count). The summed E-state index contributed by atoms with van der Waals surface area (Å²) in [5.41, 5.74) is 0.599. The van der Waals surface area contributed by atoms with Crippen molar-refractivity contribution in [2.75, 3.05) is 7.05 Å². The zero-order valence-electron chi connectivity index (χ0n) is 11.4. The van der Waals surface area contributed by atoms with Gasteiger partial charge in [0.15, 0.2) is 0 Å². The maximum absolute atomic E-state index is 12.4. The van der Waals surface area contributed by atoms with E-state index < -0.39 is 10.0 Å². The van der Waals surface area contributed by atoms with Gasteiger partial charge in [0, 0.05) is 23.2 Å².